The Bertz CT molecular complexity index is 260. The molecule has 1 N–H and O–H groups in total. The molecule has 2 atom stereocenters. The smallest absolute Gasteiger partial charge is 0.152 e. The molecule has 0 aliphatic rings. The van der Waals surface area contributed by atoms with Gasteiger partial charge in [-0.05, 0) is 46.6 Å². The maximum atomic E-state index is 11.6. The Kier molecular flexibility index (Phi) is 6.44. The van der Waals surface area contributed by atoms with Gasteiger partial charge in [0.05, 0.1) is 11.0 Å². The van der Waals surface area contributed by atoms with Crippen molar-refractivity contribution in [3.05, 3.63) is 0 Å². The van der Waals surface area contributed by atoms with Crippen LogP contribution in [0, 0.1) is 5.92 Å². The fraction of sp³-hybridized carbons (Fsp3) is 1.00. The van der Waals surface area contributed by atoms with E-state index in [-0.39, 0.29) is 5.25 Å². The number of sulfone groups is 1. The summed E-state index contributed by atoms with van der Waals surface area (Å²) in [7, 11) is -0.923. The summed E-state index contributed by atoms with van der Waals surface area (Å²) in [5.74, 6) is 0.781. The van der Waals surface area contributed by atoms with Gasteiger partial charge in [-0.3, -0.25) is 0 Å². The van der Waals surface area contributed by atoms with Crippen molar-refractivity contribution in [2.45, 2.75) is 51.8 Å². The molecule has 0 aliphatic heterocycles. The molecule has 0 heterocycles. The zero-order valence-corrected chi connectivity index (χ0v) is 11.4. The van der Waals surface area contributed by atoms with E-state index in [4.69, 9.17) is 0 Å². The summed E-state index contributed by atoms with van der Waals surface area (Å²) in [5, 5.41) is 2.92. The molecule has 0 saturated heterocycles. The summed E-state index contributed by atoms with van der Waals surface area (Å²) >= 11 is 0. The van der Waals surface area contributed by atoms with Crippen molar-refractivity contribution in [2.24, 2.45) is 5.92 Å². The zero-order valence-electron chi connectivity index (χ0n) is 10.6. The fourth-order valence-electron chi connectivity index (χ4n) is 1.44. The summed E-state index contributed by atoms with van der Waals surface area (Å²) in [4.78, 5) is 0. The standard InChI is InChI=1S/C11H25NO2S/c1-9(2)15(13,14)7-6-10(3)8-11(4)12-5/h9-12H,6-8H2,1-5H3. The van der Waals surface area contributed by atoms with Gasteiger partial charge in [0.1, 0.15) is 0 Å². The largest absolute Gasteiger partial charge is 0.317 e. The zero-order chi connectivity index (χ0) is 12.1. The molecule has 2 unspecified atom stereocenters. The van der Waals surface area contributed by atoms with E-state index in [0.29, 0.717) is 17.7 Å². The van der Waals surface area contributed by atoms with E-state index in [2.05, 4.69) is 19.2 Å². The van der Waals surface area contributed by atoms with Crippen LogP contribution in [0.2, 0.25) is 0 Å². The van der Waals surface area contributed by atoms with Crippen molar-refractivity contribution >= 4 is 9.84 Å². The molecule has 0 bridgehead atoms. The molecule has 0 fully saturated rings. The monoisotopic (exact) mass is 235 g/mol. The van der Waals surface area contributed by atoms with E-state index in [0.717, 1.165) is 12.8 Å². The van der Waals surface area contributed by atoms with Crippen LogP contribution in [0.3, 0.4) is 0 Å². The van der Waals surface area contributed by atoms with Gasteiger partial charge < -0.3 is 5.32 Å². The maximum Gasteiger partial charge on any atom is 0.152 e. The van der Waals surface area contributed by atoms with Crippen LogP contribution in [0.25, 0.3) is 0 Å². The van der Waals surface area contributed by atoms with Crippen molar-refractivity contribution in [3.63, 3.8) is 0 Å². The highest BCUT2D eigenvalue weighted by molar-refractivity contribution is 7.91. The first-order valence-electron chi connectivity index (χ1n) is 5.68. The predicted molar refractivity (Wildman–Crippen MR) is 65.8 cm³/mol. The highest BCUT2D eigenvalue weighted by atomic mass is 32.2. The second-order valence-corrected chi connectivity index (χ2v) is 7.41. The second-order valence-electron chi connectivity index (χ2n) is 4.74. The third kappa shape index (κ3) is 6.15. The van der Waals surface area contributed by atoms with Gasteiger partial charge in [-0.2, -0.15) is 0 Å². The topological polar surface area (TPSA) is 46.2 Å². The molecule has 0 aromatic heterocycles. The SMILES string of the molecule is CNC(C)CC(C)CCS(=O)(=O)C(C)C. The first kappa shape index (κ1) is 14.9. The maximum absolute atomic E-state index is 11.6. The van der Waals surface area contributed by atoms with E-state index < -0.39 is 9.84 Å². The molecule has 15 heavy (non-hydrogen) atoms. The summed E-state index contributed by atoms with van der Waals surface area (Å²) in [6.07, 6.45) is 1.80. The highest BCUT2D eigenvalue weighted by Gasteiger charge is 2.17. The Morgan fingerprint density at radius 2 is 1.67 bits per heavy atom. The minimum atomic E-state index is -2.86. The third-order valence-corrected chi connectivity index (χ3v) is 5.10. The van der Waals surface area contributed by atoms with Crippen LogP contribution in [0.4, 0.5) is 0 Å². The summed E-state index contributed by atoms with van der Waals surface area (Å²) in [5.41, 5.74) is 0. The Morgan fingerprint density at radius 3 is 2.07 bits per heavy atom. The van der Waals surface area contributed by atoms with Crippen LogP contribution >= 0.6 is 0 Å². The molecule has 0 aromatic rings. The molecular weight excluding hydrogens is 210 g/mol. The number of hydrogen-bond acceptors (Lipinski definition) is 3. The fourth-order valence-corrected chi connectivity index (χ4v) is 2.64. The van der Waals surface area contributed by atoms with E-state index >= 15 is 0 Å². The van der Waals surface area contributed by atoms with Gasteiger partial charge in [-0.15, -0.1) is 0 Å². The molecular formula is C11H25NO2S. The van der Waals surface area contributed by atoms with Crippen LogP contribution in [0.1, 0.15) is 40.5 Å². The second kappa shape index (κ2) is 6.48. The summed E-state index contributed by atoms with van der Waals surface area (Å²) < 4.78 is 23.1. The van der Waals surface area contributed by atoms with Crippen molar-refractivity contribution < 1.29 is 8.42 Å². The first-order chi connectivity index (χ1) is 6.79. The van der Waals surface area contributed by atoms with Crippen molar-refractivity contribution in [1.82, 2.24) is 5.32 Å². The van der Waals surface area contributed by atoms with Gasteiger partial charge in [0.15, 0.2) is 9.84 Å². The molecule has 0 rings (SSSR count). The van der Waals surface area contributed by atoms with Crippen LogP contribution < -0.4 is 5.32 Å². The minimum Gasteiger partial charge on any atom is -0.317 e. The molecule has 4 heteroatoms. The van der Waals surface area contributed by atoms with E-state index in [9.17, 15) is 8.42 Å². The molecule has 0 saturated carbocycles. The summed E-state index contributed by atoms with van der Waals surface area (Å²) in [6, 6.07) is 0.460. The van der Waals surface area contributed by atoms with Crippen LogP contribution in [-0.4, -0.2) is 32.5 Å². The minimum absolute atomic E-state index is 0.244. The molecule has 3 nitrogen and oxygen atoms in total. The van der Waals surface area contributed by atoms with Crippen LogP contribution in [-0.2, 0) is 9.84 Å². The average Bonchev–Trinajstić information content (AvgIpc) is 2.14. The lowest BCUT2D eigenvalue weighted by Gasteiger charge is -2.17. The van der Waals surface area contributed by atoms with Crippen molar-refractivity contribution in [2.75, 3.05) is 12.8 Å². The molecule has 0 radical (unpaired) electrons. The average molecular weight is 235 g/mol. The Morgan fingerprint density at radius 1 is 1.13 bits per heavy atom. The van der Waals surface area contributed by atoms with Gasteiger partial charge in [-0.25, -0.2) is 8.42 Å². The number of hydrogen-bond donors (Lipinski definition) is 1. The van der Waals surface area contributed by atoms with E-state index in [1.807, 2.05) is 7.05 Å². The molecule has 0 aromatic carbocycles. The molecule has 0 spiro atoms. The van der Waals surface area contributed by atoms with Crippen molar-refractivity contribution in [3.8, 4) is 0 Å². The van der Waals surface area contributed by atoms with Crippen LogP contribution in [0.5, 0.6) is 0 Å². The van der Waals surface area contributed by atoms with Gasteiger partial charge in [0.25, 0.3) is 0 Å². The number of nitrogens with one attached hydrogen (secondary N) is 1. The third-order valence-electron chi connectivity index (χ3n) is 2.86. The Labute approximate surface area is 94.6 Å². The number of rotatable bonds is 7. The van der Waals surface area contributed by atoms with Crippen molar-refractivity contribution in [1.29, 1.82) is 0 Å². The predicted octanol–water partition coefficient (Wildman–Crippen LogP) is 1.83. The normalized spacial score (nSPS) is 16.7. The molecule has 0 aliphatic carbocycles. The van der Waals surface area contributed by atoms with Gasteiger partial charge in [0, 0.05) is 6.04 Å². The summed E-state index contributed by atoms with van der Waals surface area (Å²) in [6.45, 7) is 7.73. The Hall–Kier alpha value is -0.0900. The van der Waals surface area contributed by atoms with Crippen LogP contribution in [0.15, 0.2) is 0 Å². The van der Waals surface area contributed by atoms with Gasteiger partial charge in [-0.1, -0.05) is 6.92 Å². The first-order valence-corrected chi connectivity index (χ1v) is 7.40. The van der Waals surface area contributed by atoms with E-state index in [1.54, 1.807) is 13.8 Å². The lowest BCUT2D eigenvalue weighted by Crippen LogP contribution is -2.25. The van der Waals surface area contributed by atoms with Gasteiger partial charge >= 0.3 is 0 Å². The van der Waals surface area contributed by atoms with Gasteiger partial charge in [0.2, 0.25) is 0 Å². The molecule has 0 amide bonds. The van der Waals surface area contributed by atoms with E-state index in [1.165, 1.54) is 0 Å². The quantitative estimate of drug-likeness (QED) is 0.732. The highest BCUT2D eigenvalue weighted by Crippen LogP contribution is 2.13. The lowest BCUT2D eigenvalue weighted by molar-refractivity contribution is 0.431. The lowest BCUT2D eigenvalue weighted by atomic mass is 10.0. The Balaban J connectivity index is 3.96. The molecule has 92 valence electrons.